The van der Waals surface area contributed by atoms with Gasteiger partial charge >= 0.3 is 0 Å². The van der Waals surface area contributed by atoms with Gasteiger partial charge in [-0.05, 0) is 30.5 Å². The van der Waals surface area contributed by atoms with Crippen LogP contribution < -0.4 is 5.32 Å². The quantitative estimate of drug-likeness (QED) is 0.921. The zero-order valence-electron chi connectivity index (χ0n) is 11.5. The molecule has 0 aliphatic carbocycles. The maximum Gasteiger partial charge on any atom is 0.264 e. The minimum absolute atomic E-state index is 0.0460. The Morgan fingerprint density at radius 2 is 2.14 bits per heavy atom. The second-order valence-electron chi connectivity index (χ2n) is 5.27. The van der Waals surface area contributed by atoms with E-state index in [1.54, 1.807) is 12.1 Å². The summed E-state index contributed by atoms with van der Waals surface area (Å²) in [5.74, 6) is -0.476. The highest BCUT2D eigenvalue weighted by molar-refractivity contribution is 6.04. The normalized spacial score (nSPS) is 25.1. The fraction of sp³-hybridized carbons (Fsp3) is 0.467. The Hall–Kier alpha value is -1.95. The van der Waals surface area contributed by atoms with Crippen molar-refractivity contribution in [1.82, 2.24) is 5.32 Å². The van der Waals surface area contributed by atoms with Crippen molar-refractivity contribution in [2.24, 2.45) is 5.16 Å². The zero-order valence-corrected chi connectivity index (χ0v) is 11.5. The van der Waals surface area contributed by atoms with E-state index in [9.17, 15) is 9.18 Å². The number of rotatable bonds is 3. The van der Waals surface area contributed by atoms with Gasteiger partial charge in [0.25, 0.3) is 5.91 Å². The number of carbonyl (C=O) groups excluding carboxylic acids is 1. The molecule has 0 spiro atoms. The second-order valence-corrected chi connectivity index (χ2v) is 5.27. The highest BCUT2D eigenvalue weighted by atomic mass is 19.1. The summed E-state index contributed by atoms with van der Waals surface area (Å²) in [5, 5.41) is 6.85. The number of hydrogen-bond donors (Lipinski definition) is 1. The van der Waals surface area contributed by atoms with Crippen molar-refractivity contribution in [3.63, 3.8) is 0 Å². The van der Waals surface area contributed by atoms with Gasteiger partial charge in [0.1, 0.15) is 5.82 Å². The molecule has 2 aliphatic heterocycles. The highest BCUT2D eigenvalue weighted by Gasteiger charge is 2.30. The maximum atomic E-state index is 12.9. The molecule has 112 valence electrons. The predicted octanol–water partition coefficient (Wildman–Crippen LogP) is 1.61. The SMILES string of the molecule is O=C(N[C@H]1CCCOC1)[C@H]1CC(c2ccc(F)cc2)=NO1. The summed E-state index contributed by atoms with van der Waals surface area (Å²) in [5.41, 5.74) is 1.43. The summed E-state index contributed by atoms with van der Waals surface area (Å²) in [7, 11) is 0. The van der Waals surface area contributed by atoms with Gasteiger partial charge in [0, 0.05) is 13.0 Å². The van der Waals surface area contributed by atoms with Gasteiger partial charge in [-0.25, -0.2) is 4.39 Å². The fourth-order valence-electron chi connectivity index (χ4n) is 2.48. The van der Waals surface area contributed by atoms with E-state index in [-0.39, 0.29) is 17.8 Å². The summed E-state index contributed by atoms with van der Waals surface area (Å²) in [4.78, 5) is 17.3. The van der Waals surface area contributed by atoms with Crippen molar-refractivity contribution in [3.05, 3.63) is 35.6 Å². The monoisotopic (exact) mass is 292 g/mol. The molecule has 2 atom stereocenters. The predicted molar refractivity (Wildman–Crippen MR) is 74.4 cm³/mol. The van der Waals surface area contributed by atoms with Crippen LogP contribution in [0.15, 0.2) is 29.4 Å². The van der Waals surface area contributed by atoms with E-state index in [4.69, 9.17) is 9.57 Å². The molecule has 0 radical (unpaired) electrons. The number of benzene rings is 1. The molecule has 1 aromatic carbocycles. The maximum absolute atomic E-state index is 12.9. The van der Waals surface area contributed by atoms with Crippen LogP contribution in [-0.4, -0.2) is 37.0 Å². The summed E-state index contributed by atoms with van der Waals surface area (Å²) in [6, 6.07) is 6.04. The molecule has 0 aromatic heterocycles. The molecule has 2 aliphatic rings. The molecule has 1 saturated heterocycles. The van der Waals surface area contributed by atoms with E-state index in [2.05, 4.69) is 10.5 Å². The van der Waals surface area contributed by atoms with Crippen molar-refractivity contribution < 1.29 is 18.8 Å². The van der Waals surface area contributed by atoms with Crippen molar-refractivity contribution in [1.29, 1.82) is 0 Å². The average molecular weight is 292 g/mol. The second kappa shape index (κ2) is 6.22. The van der Waals surface area contributed by atoms with Crippen LogP contribution in [0.5, 0.6) is 0 Å². The lowest BCUT2D eigenvalue weighted by Crippen LogP contribution is -2.45. The molecule has 1 N–H and O–H groups in total. The summed E-state index contributed by atoms with van der Waals surface area (Å²) >= 11 is 0. The Morgan fingerprint density at radius 1 is 1.33 bits per heavy atom. The minimum Gasteiger partial charge on any atom is -0.382 e. The Bertz CT molecular complexity index is 538. The Balaban J connectivity index is 1.55. The van der Waals surface area contributed by atoms with Crippen LogP contribution in [0, 0.1) is 5.82 Å². The van der Waals surface area contributed by atoms with Crippen LogP contribution in [0.3, 0.4) is 0 Å². The van der Waals surface area contributed by atoms with E-state index in [1.807, 2.05) is 0 Å². The topological polar surface area (TPSA) is 59.9 Å². The molecule has 0 saturated carbocycles. The van der Waals surface area contributed by atoms with Gasteiger partial charge in [-0.15, -0.1) is 0 Å². The number of hydrogen-bond acceptors (Lipinski definition) is 4. The van der Waals surface area contributed by atoms with Crippen molar-refractivity contribution in [2.45, 2.75) is 31.4 Å². The summed E-state index contributed by atoms with van der Waals surface area (Å²) in [6.45, 7) is 1.30. The van der Waals surface area contributed by atoms with E-state index in [0.29, 0.717) is 18.7 Å². The third-order valence-electron chi connectivity index (χ3n) is 3.65. The lowest BCUT2D eigenvalue weighted by molar-refractivity contribution is -0.132. The molecule has 1 fully saturated rings. The lowest BCUT2D eigenvalue weighted by Gasteiger charge is -2.23. The third-order valence-corrected chi connectivity index (χ3v) is 3.65. The first-order valence-corrected chi connectivity index (χ1v) is 7.09. The van der Waals surface area contributed by atoms with Gasteiger partial charge in [0.15, 0.2) is 0 Å². The van der Waals surface area contributed by atoms with Crippen LogP contribution in [0.1, 0.15) is 24.8 Å². The summed E-state index contributed by atoms with van der Waals surface area (Å²) in [6.07, 6.45) is 1.65. The molecular formula is C15H17FN2O3. The van der Waals surface area contributed by atoms with Crippen molar-refractivity contribution in [3.8, 4) is 0 Å². The van der Waals surface area contributed by atoms with E-state index in [0.717, 1.165) is 25.0 Å². The number of halogens is 1. The van der Waals surface area contributed by atoms with Crippen LogP contribution in [0.2, 0.25) is 0 Å². The van der Waals surface area contributed by atoms with E-state index >= 15 is 0 Å². The molecule has 0 unspecified atom stereocenters. The first-order chi connectivity index (χ1) is 10.2. The Labute approximate surface area is 122 Å². The van der Waals surface area contributed by atoms with Crippen LogP contribution in [0.4, 0.5) is 4.39 Å². The van der Waals surface area contributed by atoms with Gasteiger partial charge in [0.05, 0.1) is 18.4 Å². The number of nitrogens with one attached hydrogen (secondary N) is 1. The van der Waals surface area contributed by atoms with E-state index < -0.39 is 6.10 Å². The fourth-order valence-corrected chi connectivity index (χ4v) is 2.48. The number of oxime groups is 1. The smallest absolute Gasteiger partial charge is 0.264 e. The molecule has 2 heterocycles. The summed E-state index contributed by atoms with van der Waals surface area (Å²) < 4.78 is 18.2. The molecular weight excluding hydrogens is 275 g/mol. The lowest BCUT2D eigenvalue weighted by atomic mass is 10.0. The van der Waals surface area contributed by atoms with E-state index in [1.165, 1.54) is 12.1 Å². The van der Waals surface area contributed by atoms with Gasteiger partial charge in [0.2, 0.25) is 6.10 Å². The number of nitrogens with zero attached hydrogens (tertiary/aromatic N) is 1. The molecule has 6 heteroatoms. The Kier molecular flexibility index (Phi) is 4.15. The van der Waals surface area contributed by atoms with Gasteiger partial charge in [-0.3, -0.25) is 4.79 Å². The van der Waals surface area contributed by atoms with Crippen molar-refractivity contribution in [2.75, 3.05) is 13.2 Å². The highest BCUT2D eigenvalue weighted by Crippen LogP contribution is 2.18. The molecule has 3 rings (SSSR count). The van der Waals surface area contributed by atoms with Crippen LogP contribution in [0.25, 0.3) is 0 Å². The first-order valence-electron chi connectivity index (χ1n) is 7.09. The molecule has 0 bridgehead atoms. The minimum atomic E-state index is -0.619. The molecule has 5 nitrogen and oxygen atoms in total. The number of ether oxygens (including phenoxy) is 1. The Morgan fingerprint density at radius 3 is 2.86 bits per heavy atom. The van der Waals surface area contributed by atoms with Gasteiger partial charge in [-0.1, -0.05) is 17.3 Å². The van der Waals surface area contributed by atoms with Gasteiger partial charge < -0.3 is 14.9 Å². The largest absolute Gasteiger partial charge is 0.382 e. The van der Waals surface area contributed by atoms with Gasteiger partial charge in [-0.2, -0.15) is 0 Å². The standard InChI is InChI=1S/C15H17FN2O3/c16-11-5-3-10(4-6-11)13-8-14(21-18-13)15(19)17-12-2-1-7-20-9-12/h3-6,12,14H,1-2,7-9H2,(H,17,19)/t12-,14+/m0/s1. The molecule has 1 aromatic rings. The van der Waals surface area contributed by atoms with Crippen molar-refractivity contribution >= 4 is 11.6 Å². The molecule has 21 heavy (non-hydrogen) atoms. The number of amides is 1. The number of carbonyl (C=O) groups is 1. The average Bonchev–Trinajstić information content (AvgIpc) is 2.99. The van der Waals surface area contributed by atoms with Crippen LogP contribution in [-0.2, 0) is 14.4 Å². The van der Waals surface area contributed by atoms with Crippen LogP contribution >= 0.6 is 0 Å². The zero-order chi connectivity index (χ0) is 14.7. The first kappa shape index (κ1) is 14.0. The molecule has 1 amide bonds. The third kappa shape index (κ3) is 3.39.